The van der Waals surface area contributed by atoms with E-state index in [9.17, 15) is 4.79 Å². The molecule has 1 saturated heterocycles. The number of rotatable bonds is 2. The Hall–Kier alpha value is -0.430. The fraction of sp³-hybridized carbons (Fsp3) is 0.600. The lowest BCUT2D eigenvalue weighted by atomic mass is 10.2. The van der Waals surface area contributed by atoms with Crippen LogP contribution in [0.2, 0.25) is 0 Å². The Kier molecular flexibility index (Phi) is 3.40. The van der Waals surface area contributed by atoms with Gasteiger partial charge in [0.15, 0.2) is 0 Å². The van der Waals surface area contributed by atoms with Crippen molar-refractivity contribution in [1.29, 1.82) is 0 Å². The first kappa shape index (κ1) is 11.1. The van der Waals surface area contributed by atoms with E-state index in [0.29, 0.717) is 9.61 Å². The molecule has 2 rings (SSSR count). The van der Waals surface area contributed by atoms with E-state index >= 15 is 0 Å². The summed E-state index contributed by atoms with van der Waals surface area (Å²) >= 11 is 2.04. The molecule has 1 atom stereocenters. The van der Waals surface area contributed by atoms with Gasteiger partial charge in [0.2, 0.25) is 0 Å². The standard InChI is InChI=1S/C10H14IN3O/c1-7-13-5-9(11)10(15)14(7)6-8-3-2-4-12-8/h5,8,12H,2-4,6H2,1H3. The lowest BCUT2D eigenvalue weighted by Gasteiger charge is -2.14. The zero-order valence-electron chi connectivity index (χ0n) is 8.66. The molecule has 4 nitrogen and oxygen atoms in total. The molecule has 0 spiro atoms. The summed E-state index contributed by atoms with van der Waals surface area (Å²) in [5.74, 6) is 0.800. The molecule has 2 heterocycles. The van der Waals surface area contributed by atoms with E-state index in [0.717, 1.165) is 25.3 Å². The van der Waals surface area contributed by atoms with Crippen molar-refractivity contribution in [2.24, 2.45) is 0 Å². The molecule has 1 aromatic rings. The van der Waals surface area contributed by atoms with Gasteiger partial charge in [-0.1, -0.05) is 0 Å². The summed E-state index contributed by atoms with van der Waals surface area (Å²) in [5.41, 5.74) is 0.0804. The quantitative estimate of drug-likeness (QED) is 0.824. The van der Waals surface area contributed by atoms with Crippen LogP contribution in [0.4, 0.5) is 0 Å². The van der Waals surface area contributed by atoms with Crippen LogP contribution in [0.1, 0.15) is 18.7 Å². The minimum absolute atomic E-state index is 0.0804. The van der Waals surface area contributed by atoms with Gasteiger partial charge in [-0.2, -0.15) is 0 Å². The molecule has 1 aliphatic heterocycles. The van der Waals surface area contributed by atoms with E-state index < -0.39 is 0 Å². The first-order valence-corrected chi connectivity index (χ1v) is 6.21. The summed E-state index contributed by atoms with van der Waals surface area (Å²) in [5, 5.41) is 3.39. The molecule has 0 radical (unpaired) electrons. The molecule has 15 heavy (non-hydrogen) atoms. The predicted molar refractivity (Wildman–Crippen MR) is 67.0 cm³/mol. The summed E-state index contributed by atoms with van der Waals surface area (Å²) in [6.45, 7) is 3.69. The Bertz CT molecular complexity index is 410. The molecule has 0 saturated carbocycles. The van der Waals surface area contributed by atoms with Crippen LogP contribution in [-0.4, -0.2) is 22.1 Å². The maximum absolute atomic E-state index is 11.9. The molecule has 0 amide bonds. The van der Waals surface area contributed by atoms with Crippen molar-refractivity contribution >= 4 is 22.6 Å². The normalized spacial score (nSPS) is 20.8. The lowest BCUT2D eigenvalue weighted by Crippen LogP contribution is -2.34. The van der Waals surface area contributed by atoms with Crippen molar-refractivity contribution < 1.29 is 0 Å². The maximum atomic E-state index is 11.9. The summed E-state index contributed by atoms with van der Waals surface area (Å²) in [4.78, 5) is 16.1. The Morgan fingerprint density at radius 2 is 2.53 bits per heavy atom. The van der Waals surface area contributed by atoms with Gasteiger partial charge < -0.3 is 5.32 Å². The summed E-state index contributed by atoms with van der Waals surface area (Å²) < 4.78 is 2.46. The Morgan fingerprint density at radius 3 is 3.20 bits per heavy atom. The molecule has 1 aliphatic rings. The first-order valence-electron chi connectivity index (χ1n) is 5.14. The molecule has 1 aromatic heterocycles. The molecule has 82 valence electrons. The van der Waals surface area contributed by atoms with Gasteiger partial charge in [-0.3, -0.25) is 9.36 Å². The van der Waals surface area contributed by atoms with E-state index in [2.05, 4.69) is 10.3 Å². The average Bonchev–Trinajstić information content (AvgIpc) is 2.71. The van der Waals surface area contributed by atoms with Gasteiger partial charge in [0.1, 0.15) is 5.82 Å². The zero-order valence-corrected chi connectivity index (χ0v) is 10.8. The van der Waals surface area contributed by atoms with Crippen LogP contribution < -0.4 is 10.9 Å². The lowest BCUT2D eigenvalue weighted by molar-refractivity contribution is 0.484. The number of nitrogens with one attached hydrogen (secondary N) is 1. The smallest absolute Gasteiger partial charge is 0.266 e. The molecular formula is C10H14IN3O. The predicted octanol–water partition coefficient (Wildman–Crippen LogP) is 0.908. The van der Waals surface area contributed by atoms with Crippen molar-refractivity contribution in [1.82, 2.24) is 14.9 Å². The number of halogens is 1. The van der Waals surface area contributed by atoms with Crippen LogP contribution >= 0.6 is 22.6 Å². The van der Waals surface area contributed by atoms with Crippen molar-refractivity contribution in [2.45, 2.75) is 32.4 Å². The first-order chi connectivity index (χ1) is 7.18. The highest BCUT2D eigenvalue weighted by Gasteiger charge is 2.16. The molecule has 5 heteroatoms. The summed E-state index contributed by atoms with van der Waals surface area (Å²) in [7, 11) is 0. The number of aromatic nitrogens is 2. The van der Waals surface area contributed by atoms with Crippen LogP contribution in [-0.2, 0) is 6.54 Å². The van der Waals surface area contributed by atoms with Gasteiger partial charge in [0, 0.05) is 18.8 Å². The van der Waals surface area contributed by atoms with Gasteiger partial charge in [-0.25, -0.2) is 4.98 Å². The van der Waals surface area contributed by atoms with E-state index in [-0.39, 0.29) is 5.56 Å². The van der Waals surface area contributed by atoms with Crippen LogP contribution in [0.5, 0.6) is 0 Å². The van der Waals surface area contributed by atoms with Crippen molar-refractivity contribution in [3.63, 3.8) is 0 Å². The van der Waals surface area contributed by atoms with Gasteiger partial charge in [-0.05, 0) is 48.9 Å². The maximum Gasteiger partial charge on any atom is 0.266 e. The minimum Gasteiger partial charge on any atom is -0.312 e. The molecular weight excluding hydrogens is 305 g/mol. The van der Waals surface area contributed by atoms with Crippen molar-refractivity contribution in [3.8, 4) is 0 Å². The van der Waals surface area contributed by atoms with Gasteiger partial charge >= 0.3 is 0 Å². The third-order valence-electron chi connectivity index (χ3n) is 2.77. The number of hydrogen-bond donors (Lipinski definition) is 1. The third kappa shape index (κ3) is 2.39. The highest BCUT2D eigenvalue weighted by molar-refractivity contribution is 14.1. The van der Waals surface area contributed by atoms with Gasteiger partial charge in [0.05, 0.1) is 3.57 Å². The Balaban J connectivity index is 2.26. The van der Waals surface area contributed by atoms with Crippen molar-refractivity contribution in [2.75, 3.05) is 6.54 Å². The highest BCUT2D eigenvalue weighted by Crippen LogP contribution is 2.07. The second-order valence-electron chi connectivity index (χ2n) is 3.86. The third-order valence-corrected chi connectivity index (χ3v) is 3.51. The van der Waals surface area contributed by atoms with E-state index in [1.165, 1.54) is 6.42 Å². The zero-order chi connectivity index (χ0) is 10.8. The van der Waals surface area contributed by atoms with E-state index in [4.69, 9.17) is 0 Å². The van der Waals surface area contributed by atoms with Crippen molar-refractivity contribution in [3.05, 3.63) is 25.9 Å². The Morgan fingerprint density at radius 1 is 1.73 bits per heavy atom. The SMILES string of the molecule is Cc1ncc(I)c(=O)n1CC1CCCN1. The molecule has 0 aliphatic carbocycles. The van der Waals surface area contributed by atoms with Gasteiger partial charge in [0.25, 0.3) is 5.56 Å². The fourth-order valence-electron chi connectivity index (χ4n) is 1.90. The molecule has 0 aromatic carbocycles. The van der Waals surface area contributed by atoms with Crippen LogP contribution in [0.25, 0.3) is 0 Å². The Labute approximate surface area is 102 Å². The molecule has 1 unspecified atom stereocenters. The molecule has 1 N–H and O–H groups in total. The van der Waals surface area contributed by atoms with Crippen LogP contribution in [0, 0.1) is 10.5 Å². The van der Waals surface area contributed by atoms with E-state index in [1.54, 1.807) is 10.8 Å². The monoisotopic (exact) mass is 319 g/mol. The highest BCUT2D eigenvalue weighted by atomic mass is 127. The largest absolute Gasteiger partial charge is 0.312 e. The molecule has 1 fully saturated rings. The van der Waals surface area contributed by atoms with Gasteiger partial charge in [-0.15, -0.1) is 0 Å². The number of nitrogens with zero attached hydrogens (tertiary/aromatic N) is 2. The second-order valence-corrected chi connectivity index (χ2v) is 5.02. The van der Waals surface area contributed by atoms with E-state index in [1.807, 2.05) is 29.5 Å². The summed E-state index contributed by atoms with van der Waals surface area (Å²) in [6, 6.07) is 0.432. The molecule has 0 bridgehead atoms. The topological polar surface area (TPSA) is 46.9 Å². The fourth-order valence-corrected chi connectivity index (χ4v) is 2.33. The average molecular weight is 319 g/mol. The minimum atomic E-state index is 0.0804. The second kappa shape index (κ2) is 4.61. The number of hydrogen-bond acceptors (Lipinski definition) is 3. The number of aryl methyl sites for hydroxylation is 1. The van der Waals surface area contributed by atoms with Crippen LogP contribution in [0.15, 0.2) is 11.0 Å². The van der Waals surface area contributed by atoms with Crippen LogP contribution in [0.3, 0.4) is 0 Å². The summed E-state index contributed by atoms with van der Waals surface area (Å²) in [6.07, 6.45) is 3.99.